The van der Waals surface area contributed by atoms with Crippen LogP contribution in [-0.2, 0) is 0 Å². The average Bonchev–Trinajstić information content (AvgIpc) is 3.24. The third-order valence-corrected chi connectivity index (χ3v) is 5.18. The van der Waals surface area contributed by atoms with Crippen LogP contribution in [0.25, 0.3) is 29.1 Å². The van der Waals surface area contributed by atoms with E-state index in [-0.39, 0.29) is 11.5 Å². The summed E-state index contributed by atoms with van der Waals surface area (Å²) in [5.41, 5.74) is 2.25. The van der Waals surface area contributed by atoms with E-state index < -0.39 is 6.61 Å². The lowest BCUT2D eigenvalue weighted by Gasteiger charge is -2.14. The molecule has 0 aliphatic carbocycles. The van der Waals surface area contributed by atoms with Gasteiger partial charge in [-0.2, -0.15) is 14.0 Å². The fourth-order valence-electron chi connectivity index (χ4n) is 3.55. The van der Waals surface area contributed by atoms with Crippen molar-refractivity contribution >= 4 is 23.3 Å². The summed E-state index contributed by atoms with van der Waals surface area (Å²) in [6, 6.07) is 13.9. The van der Waals surface area contributed by atoms with Gasteiger partial charge in [-0.05, 0) is 48.9 Å². The maximum Gasteiger partial charge on any atom is 0.387 e. The maximum atomic E-state index is 13.0. The second kappa shape index (κ2) is 11.2. The quantitative estimate of drug-likeness (QED) is 0.260. The van der Waals surface area contributed by atoms with Gasteiger partial charge in [0.15, 0.2) is 17.1 Å². The highest BCUT2D eigenvalue weighted by Crippen LogP contribution is 2.34. The number of para-hydroxylation sites is 1. The third-order valence-electron chi connectivity index (χ3n) is 5.18. The lowest BCUT2D eigenvalue weighted by molar-refractivity contribution is -0.0515. The number of rotatable bonds is 10. The number of ether oxygens (including phenoxy) is 2. The zero-order valence-electron chi connectivity index (χ0n) is 19.1. The molecule has 35 heavy (non-hydrogen) atoms. The molecule has 3 aromatic heterocycles. The summed E-state index contributed by atoms with van der Waals surface area (Å²) in [5.74, 6) is 1.28. The van der Waals surface area contributed by atoms with Gasteiger partial charge < -0.3 is 9.47 Å². The molecule has 0 amide bonds. The van der Waals surface area contributed by atoms with Crippen LogP contribution >= 0.6 is 0 Å². The van der Waals surface area contributed by atoms with Crippen molar-refractivity contribution in [2.45, 2.75) is 32.8 Å². The van der Waals surface area contributed by atoms with Crippen molar-refractivity contribution < 1.29 is 18.3 Å². The average molecular weight is 475 g/mol. The number of imidazole rings is 1. The molecule has 9 heteroatoms. The fourth-order valence-corrected chi connectivity index (χ4v) is 3.55. The van der Waals surface area contributed by atoms with E-state index in [4.69, 9.17) is 14.7 Å². The largest absolute Gasteiger partial charge is 0.489 e. The van der Waals surface area contributed by atoms with Crippen LogP contribution in [0.15, 0.2) is 54.9 Å². The van der Waals surface area contributed by atoms with E-state index in [9.17, 15) is 8.78 Å². The van der Waals surface area contributed by atoms with Crippen LogP contribution in [-0.4, -0.2) is 32.7 Å². The number of benzene rings is 1. The summed E-state index contributed by atoms with van der Waals surface area (Å²) in [6.45, 7) is -0.508. The number of fused-ring (bicyclic) bond motifs is 1. The monoisotopic (exact) mass is 475 g/mol. The van der Waals surface area contributed by atoms with Crippen molar-refractivity contribution in [3.05, 3.63) is 71.8 Å². The van der Waals surface area contributed by atoms with Gasteiger partial charge >= 0.3 is 6.61 Å². The Morgan fingerprint density at radius 3 is 2.71 bits per heavy atom. The number of aromatic nitrogens is 4. The molecule has 3 heterocycles. The Morgan fingerprint density at radius 1 is 1.09 bits per heavy atom. The molecule has 0 saturated heterocycles. The van der Waals surface area contributed by atoms with Gasteiger partial charge in [-0.15, -0.1) is 0 Å². The third kappa shape index (κ3) is 5.61. The second-order valence-corrected chi connectivity index (χ2v) is 7.61. The van der Waals surface area contributed by atoms with E-state index in [0.717, 1.165) is 19.3 Å². The van der Waals surface area contributed by atoms with Gasteiger partial charge in [0, 0.05) is 18.0 Å². The molecule has 0 bridgehead atoms. The molecule has 0 unspecified atom stereocenters. The molecule has 0 radical (unpaired) electrons. The van der Waals surface area contributed by atoms with Gasteiger partial charge in [0.1, 0.15) is 23.2 Å². The molecule has 7 nitrogen and oxygen atoms in total. The number of pyridine rings is 2. The van der Waals surface area contributed by atoms with Crippen molar-refractivity contribution in [2.75, 3.05) is 6.61 Å². The van der Waals surface area contributed by atoms with Crippen LogP contribution in [0.1, 0.15) is 43.1 Å². The minimum Gasteiger partial charge on any atom is -0.489 e. The molecule has 4 aromatic rings. The van der Waals surface area contributed by atoms with Gasteiger partial charge in [-0.1, -0.05) is 31.9 Å². The lowest BCUT2D eigenvalue weighted by atomic mass is 10.1. The van der Waals surface area contributed by atoms with Crippen LogP contribution < -0.4 is 9.47 Å². The van der Waals surface area contributed by atoms with Gasteiger partial charge in [0.2, 0.25) is 0 Å². The van der Waals surface area contributed by atoms with E-state index in [0.29, 0.717) is 40.5 Å². The predicted molar refractivity (Wildman–Crippen MR) is 128 cm³/mol. The summed E-state index contributed by atoms with van der Waals surface area (Å²) < 4.78 is 38.3. The first-order chi connectivity index (χ1) is 17.1. The molecular weight excluding hydrogens is 452 g/mol. The van der Waals surface area contributed by atoms with E-state index in [1.165, 1.54) is 12.3 Å². The Kier molecular flexibility index (Phi) is 7.63. The number of hydrogen-bond acceptors (Lipinski definition) is 6. The zero-order valence-corrected chi connectivity index (χ0v) is 19.1. The summed E-state index contributed by atoms with van der Waals surface area (Å²) >= 11 is 0. The summed E-state index contributed by atoms with van der Waals surface area (Å²) in [5, 5.41) is 9.09. The number of hydrogen-bond donors (Lipinski definition) is 0. The molecule has 0 aliphatic rings. The highest BCUT2D eigenvalue weighted by Gasteiger charge is 2.16. The molecule has 0 atom stereocenters. The normalized spacial score (nSPS) is 11.3. The first kappa shape index (κ1) is 23.8. The SMILES string of the molecule is CCCCCOc1c(/C=C/c2nc3cccnc3n2-c2ccc(C#N)cn2)cccc1OC(F)F. The molecule has 0 saturated carbocycles. The van der Waals surface area contributed by atoms with E-state index in [1.807, 2.05) is 6.07 Å². The zero-order chi connectivity index (χ0) is 24.6. The number of halogens is 2. The Bertz CT molecular complexity index is 1360. The lowest BCUT2D eigenvalue weighted by Crippen LogP contribution is -2.06. The standard InChI is InChI=1S/C26H23F2N5O2/c1-2-3-4-15-34-24-19(7-5-9-21(24)35-26(27)28)11-13-23-32-20-8-6-14-30-25(20)33(23)22-12-10-18(16-29)17-31-22/h5-14,17,26H,2-4,15H2,1H3/b13-11+. The van der Waals surface area contributed by atoms with Crippen LogP contribution in [0, 0.1) is 11.3 Å². The summed E-state index contributed by atoms with van der Waals surface area (Å²) in [6.07, 6.45) is 9.39. The maximum absolute atomic E-state index is 13.0. The van der Waals surface area contributed by atoms with Crippen molar-refractivity contribution in [1.29, 1.82) is 5.26 Å². The molecule has 1 aromatic carbocycles. The van der Waals surface area contributed by atoms with Crippen molar-refractivity contribution in [1.82, 2.24) is 19.5 Å². The van der Waals surface area contributed by atoms with Crippen molar-refractivity contribution in [3.8, 4) is 23.4 Å². The van der Waals surface area contributed by atoms with Crippen molar-refractivity contribution in [3.63, 3.8) is 0 Å². The van der Waals surface area contributed by atoms with Crippen LogP contribution in [0.5, 0.6) is 11.5 Å². The number of unbranched alkanes of at least 4 members (excludes halogenated alkanes) is 2. The van der Waals surface area contributed by atoms with Gasteiger partial charge in [-0.3, -0.25) is 4.57 Å². The smallest absolute Gasteiger partial charge is 0.387 e. The highest BCUT2D eigenvalue weighted by molar-refractivity contribution is 5.80. The van der Waals surface area contributed by atoms with E-state index in [2.05, 4.69) is 27.9 Å². The minimum atomic E-state index is -2.97. The Labute approximate surface area is 201 Å². The number of alkyl halides is 2. The molecular formula is C26H23F2N5O2. The van der Waals surface area contributed by atoms with E-state index >= 15 is 0 Å². The van der Waals surface area contributed by atoms with E-state index in [1.54, 1.807) is 53.2 Å². The van der Waals surface area contributed by atoms with Crippen LogP contribution in [0.3, 0.4) is 0 Å². The molecule has 0 aliphatic heterocycles. The summed E-state index contributed by atoms with van der Waals surface area (Å²) in [7, 11) is 0. The Morgan fingerprint density at radius 2 is 1.97 bits per heavy atom. The van der Waals surface area contributed by atoms with Gasteiger partial charge in [0.25, 0.3) is 0 Å². The van der Waals surface area contributed by atoms with Crippen LogP contribution in [0.2, 0.25) is 0 Å². The molecule has 0 spiro atoms. The topological polar surface area (TPSA) is 85.9 Å². The Balaban J connectivity index is 1.74. The fraction of sp³-hybridized carbons (Fsp3) is 0.231. The van der Waals surface area contributed by atoms with Gasteiger partial charge in [-0.25, -0.2) is 15.0 Å². The Hall–Kier alpha value is -4.32. The summed E-state index contributed by atoms with van der Waals surface area (Å²) in [4.78, 5) is 13.5. The predicted octanol–water partition coefficient (Wildman–Crippen LogP) is 6.03. The number of nitriles is 1. The first-order valence-electron chi connectivity index (χ1n) is 11.2. The second-order valence-electron chi connectivity index (χ2n) is 7.61. The van der Waals surface area contributed by atoms with Gasteiger partial charge in [0.05, 0.1) is 12.2 Å². The van der Waals surface area contributed by atoms with Crippen molar-refractivity contribution in [2.24, 2.45) is 0 Å². The molecule has 0 fully saturated rings. The number of nitrogens with zero attached hydrogens (tertiary/aromatic N) is 5. The van der Waals surface area contributed by atoms with Crippen LogP contribution in [0.4, 0.5) is 8.78 Å². The molecule has 4 rings (SSSR count). The molecule has 0 N–H and O–H groups in total. The molecule has 178 valence electrons. The minimum absolute atomic E-state index is 0.0254. The highest BCUT2D eigenvalue weighted by atomic mass is 19.3. The first-order valence-corrected chi connectivity index (χ1v) is 11.2.